The number of amides is 1. The first-order valence-electron chi connectivity index (χ1n) is 11.0. The summed E-state index contributed by atoms with van der Waals surface area (Å²) in [7, 11) is 0. The number of rotatable bonds is 5. The molecule has 5 nitrogen and oxygen atoms in total. The minimum Gasteiger partial charge on any atom is -0.507 e. The summed E-state index contributed by atoms with van der Waals surface area (Å²) in [4.78, 5) is 12.6. The molecule has 4 aromatic carbocycles. The summed E-state index contributed by atoms with van der Waals surface area (Å²) in [6.45, 7) is 2.06. The van der Waals surface area contributed by atoms with Gasteiger partial charge in [-0.1, -0.05) is 60.7 Å². The molecule has 34 heavy (non-hydrogen) atoms. The summed E-state index contributed by atoms with van der Waals surface area (Å²) in [5.41, 5.74) is 7.91. The van der Waals surface area contributed by atoms with Gasteiger partial charge in [0.25, 0.3) is 5.91 Å². The number of aromatic nitrogens is 1. The fraction of sp³-hybridized carbons (Fsp3) is 0.0345. The van der Waals surface area contributed by atoms with Crippen LogP contribution in [0.2, 0.25) is 0 Å². The number of benzene rings is 4. The van der Waals surface area contributed by atoms with E-state index < -0.39 is 0 Å². The Morgan fingerprint density at radius 1 is 0.853 bits per heavy atom. The van der Waals surface area contributed by atoms with Crippen LogP contribution in [-0.4, -0.2) is 21.8 Å². The van der Waals surface area contributed by atoms with Crippen LogP contribution in [0.4, 0.5) is 0 Å². The second-order valence-corrected chi connectivity index (χ2v) is 8.03. The third-order valence-electron chi connectivity index (χ3n) is 5.84. The van der Waals surface area contributed by atoms with Crippen molar-refractivity contribution in [2.45, 2.75) is 6.92 Å². The molecule has 1 heterocycles. The summed E-state index contributed by atoms with van der Waals surface area (Å²) in [5, 5.41) is 16.2. The predicted octanol–water partition coefficient (Wildman–Crippen LogP) is 6.08. The van der Waals surface area contributed by atoms with Crippen molar-refractivity contribution in [2.75, 3.05) is 0 Å². The number of phenolic OH excluding ortho intramolecular Hbond substituents is 1. The number of hydrogen-bond donors (Lipinski definition) is 2. The molecule has 0 aliphatic heterocycles. The first-order chi connectivity index (χ1) is 16.6. The smallest absolute Gasteiger partial charge is 0.271 e. The molecular formula is C29H23N3O2. The molecule has 0 saturated heterocycles. The fourth-order valence-corrected chi connectivity index (χ4v) is 4.12. The summed E-state index contributed by atoms with van der Waals surface area (Å²) in [6.07, 6.45) is 1.47. The highest BCUT2D eigenvalue weighted by Crippen LogP contribution is 2.27. The van der Waals surface area contributed by atoms with E-state index in [0.717, 1.165) is 33.4 Å². The standard InChI is InChI=1S/C29H23N3O2/c1-20-11-17-27(22-8-3-2-4-9-22)32(20)24-15-12-23(13-16-24)29(34)31-30-19-26-25-10-6-5-7-21(25)14-18-28(26)33/h2-19,33H,1H3,(H,31,34)/b30-19-. The van der Waals surface area contributed by atoms with Crippen molar-refractivity contribution in [3.63, 3.8) is 0 Å². The van der Waals surface area contributed by atoms with E-state index in [1.54, 1.807) is 18.2 Å². The summed E-state index contributed by atoms with van der Waals surface area (Å²) in [5.74, 6) is -0.215. The first-order valence-corrected chi connectivity index (χ1v) is 11.0. The Bertz CT molecular complexity index is 1500. The van der Waals surface area contributed by atoms with Gasteiger partial charge in [0.15, 0.2) is 0 Å². The minimum atomic E-state index is -0.324. The van der Waals surface area contributed by atoms with Crippen molar-refractivity contribution in [3.05, 3.63) is 120 Å². The van der Waals surface area contributed by atoms with Crippen LogP contribution in [-0.2, 0) is 0 Å². The molecule has 0 aliphatic carbocycles. The zero-order chi connectivity index (χ0) is 23.5. The molecule has 0 spiro atoms. The van der Waals surface area contributed by atoms with Crippen molar-refractivity contribution in [1.29, 1.82) is 0 Å². The van der Waals surface area contributed by atoms with Gasteiger partial charge >= 0.3 is 0 Å². The number of phenols is 1. The Morgan fingerprint density at radius 2 is 1.59 bits per heavy atom. The topological polar surface area (TPSA) is 66.6 Å². The van der Waals surface area contributed by atoms with Crippen LogP contribution >= 0.6 is 0 Å². The number of hydrazone groups is 1. The van der Waals surface area contributed by atoms with Gasteiger partial charge in [-0.2, -0.15) is 5.10 Å². The van der Waals surface area contributed by atoms with Crippen molar-refractivity contribution in [3.8, 4) is 22.7 Å². The van der Waals surface area contributed by atoms with Crippen LogP contribution in [0.1, 0.15) is 21.6 Å². The molecule has 0 atom stereocenters. The van der Waals surface area contributed by atoms with E-state index in [2.05, 4.69) is 46.3 Å². The molecule has 0 bridgehead atoms. The average molecular weight is 446 g/mol. The van der Waals surface area contributed by atoms with Crippen molar-refractivity contribution >= 4 is 22.9 Å². The normalized spacial score (nSPS) is 11.2. The minimum absolute atomic E-state index is 0.109. The Labute approximate surface area is 197 Å². The van der Waals surface area contributed by atoms with Crippen molar-refractivity contribution in [2.24, 2.45) is 5.10 Å². The number of aryl methyl sites for hydroxylation is 1. The number of nitrogens with one attached hydrogen (secondary N) is 1. The van der Waals surface area contributed by atoms with Crippen LogP contribution in [0.5, 0.6) is 5.75 Å². The molecular weight excluding hydrogens is 422 g/mol. The van der Waals surface area contributed by atoms with Gasteiger partial charge in [0.2, 0.25) is 0 Å². The molecule has 0 aliphatic rings. The Hall–Kier alpha value is -4.64. The van der Waals surface area contributed by atoms with Gasteiger partial charge in [-0.3, -0.25) is 4.79 Å². The van der Waals surface area contributed by atoms with E-state index in [1.165, 1.54) is 6.21 Å². The molecule has 5 aromatic rings. The average Bonchev–Trinajstić information content (AvgIpc) is 3.27. The molecule has 1 aromatic heterocycles. The molecule has 1 amide bonds. The number of carbonyl (C=O) groups excluding carboxylic acids is 1. The Balaban J connectivity index is 1.35. The molecule has 5 rings (SSSR count). The molecule has 0 fully saturated rings. The number of nitrogens with zero attached hydrogens (tertiary/aromatic N) is 2. The fourth-order valence-electron chi connectivity index (χ4n) is 4.12. The number of hydrogen-bond acceptors (Lipinski definition) is 3. The maximum absolute atomic E-state index is 12.6. The third-order valence-corrected chi connectivity index (χ3v) is 5.84. The van der Waals surface area contributed by atoms with Crippen LogP contribution in [0.25, 0.3) is 27.7 Å². The van der Waals surface area contributed by atoms with Gasteiger partial charge in [0, 0.05) is 22.5 Å². The number of carbonyl (C=O) groups is 1. The van der Waals surface area contributed by atoms with Gasteiger partial charge in [0.1, 0.15) is 5.75 Å². The molecule has 0 unspecified atom stereocenters. The lowest BCUT2D eigenvalue weighted by atomic mass is 10.0. The summed E-state index contributed by atoms with van der Waals surface area (Å²) in [6, 6.07) is 33.0. The van der Waals surface area contributed by atoms with Crippen LogP contribution < -0.4 is 5.43 Å². The Morgan fingerprint density at radius 3 is 2.38 bits per heavy atom. The maximum atomic E-state index is 12.6. The largest absolute Gasteiger partial charge is 0.507 e. The van der Waals surface area contributed by atoms with Gasteiger partial charge in [-0.15, -0.1) is 0 Å². The lowest BCUT2D eigenvalue weighted by molar-refractivity contribution is 0.0955. The quantitative estimate of drug-likeness (QED) is 0.254. The highest BCUT2D eigenvalue weighted by molar-refractivity contribution is 6.03. The highest BCUT2D eigenvalue weighted by atomic mass is 16.3. The molecule has 2 N–H and O–H groups in total. The highest BCUT2D eigenvalue weighted by Gasteiger charge is 2.11. The third kappa shape index (κ3) is 4.07. The zero-order valence-electron chi connectivity index (χ0n) is 18.6. The van der Waals surface area contributed by atoms with Gasteiger partial charge in [-0.05, 0) is 65.7 Å². The lowest BCUT2D eigenvalue weighted by Gasteiger charge is -2.12. The van der Waals surface area contributed by atoms with Crippen molar-refractivity contribution < 1.29 is 9.90 Å². The predicted molar refractivity (Wildman–Crippen MR) is 137 cm³/mol. The van der Waals surface area contributed by atoms with Crippen molar-refractivity contribution in [1.82, 2.24) is 9.99 Å². The molecule has 5 heteroatoms. The van der Waals surface area contributed by atoms with E-state index in [4.69, 9.17) is 0 Å². The van der Waals surface area contributed by atoms with Gasteiger partial charge in [-0.25, -0.2) is 5.43 Å². The Kier molecular flexibility index (Phi) is 5.67. The number of fused-ring (bicyclic) bond motifs is 1. The monoisotopic (exact) mass is 445 g/mol. The lowest BCUT2D eigenvalue weighted by Crippen LogP contribution is -2.17. The zero-order valence-corrected chi connectivity index (χ0v) is 18.6. The second-order valence-electron chi connectivity index (χ2n) is 8.03. The molecule has 0 radical (unpaired) electrons. The van der Waals surface area contributed by atoms with E-state index in [-0.39, 0.29) is 11.7 Å². The molecule has 0 saturated carbocycles. The van der Waals surface area contributed by atoms with Crippen LogP contribution in [0.15, 0.2) is 108 Å². The SMILES string of the molecule is Cc1ccc(-c2ccccc2)n1-c1ccc(C(=O)N/N=C\c2c(O)ccc3ccccc23)cc1. The van der Waals surface area contributed by atoms with E-state index in [1.807, 2.05) is 60.7 Å². The van der Waals surface area contributed by atoms with E-state index in [0.29, 0.717) is 11.1 Å². The number of aromatic hydroxyl groups is 1. The first kappa shape index (κ1) is 21.2. The van der Waals surface area contributed by atoms with E-state index >= 15 is 0 Å². The summed E-state index contributed by atoms with van der Waals surface area (Å²) < 4.78 is 2.17. The van der Waals surface area contributed by atoms with E-state index in [9.17, 15) is 9.90 Å². The van der Waals surface area contributed by atoms with Gasteiger partial charge in [0.05, 0.1) is 11.9 Å². The van der Waals surface area contributed by atoms with Crippen LogP contribution in [0, 0.1) is 6.92 Å². The second kappa shape index (κ2) is 9.08. The van der Waals surface area contributed by atoms with Crippen LogP contribution in [0.3, 0.4) is 0 Å². The molecule has 166 valence electrons. The maximum Gasteiger partial charge on any atom is 0.271 e. The summed E-state index contributed by atoms with van der Waals surface area (Å²) >= 11 is 0. The van der Waals surface area contributed by atoms with Gasteiger partial charge < -0.3 is 9.67 Å².